The molecule has 6 heteroatoms. The molecule has 27 heavy (non-hydrogen) atoms. The van der Waals surface area contributed by atoms with Gasteiger partial charge in [0.25, 0.3) is 5.56 Å². The third-order valence-electron chi connectivity index (χ3n) is 4.84. The van der Waals surface area contributed by atoms with E-state index in [1.54, 1.807) is 41.3 Å². The molecule has 2 aromatic carbocycles. The lowest BCUT2D eigenvalue weighted by atomic mass is 10.1. The minimum absolute atomic E-state index is 0.0449. The number of aryl methyl sites for hydroxylation is 1. The van der Waals surface area contributed by atoms with Crippen molar-refractivity contribution in [2.45, 2.75) is 38.3 Å². The third kappa shape index (κ3) is 3.89. The molecule has 1 aliphatic carbocycles. The van der Waals surface area contributed by atoms with Crippen molar-refractivity contribution in [2.75, 3.05) is 0 Å². The Morgan fingerprint density at radius 2 is 1.89 bits per heavy atom. The van der Waals surface area contributed by atoms with Crippen LogP contribution in [0.3, 0.4) is 0 Å². The van der Waals surface area contributed by atoms with Crippen LogP contribution in [0.2, 0.25) is 0 Å². The van der Waals surface area contributed by atoms with Crippen LogP contribution < -0.4 is 5.56 Å². The fourth-order valence-corrected chi connectivity index (χ4v) is 3.24. The summed E-state index contributed by atoms with van der Waals surface area (Å²) >= 11 is 0. The third-order valence-corrected chi connectivity index (χ3v) is 4.84. The molecule has 1 amide bonds. The molecule has 1 N–H and O–H groups in total. The first kappa shape index (κ1) is 17.4. The summed E-state index contributed by atoms with van der Waals surface area (Å²) in [6.07, 6.45) is 2.47. The fourth-order valence-electron chi connectivity index (χ4n) is 3.24. The number of aromatic amines is 1. The molecule has 5 nitrogen and oxygen atoms in total. The number of hydrogen-bond donors (Lipinski definition) is 1. The van der Waals surface area contributed by atoms with Crippen LogP contribution in [0.15, 0.2) is 53.3 Å². The molecule has 1 saturated carbocycles. The van der Waals surface area contributed by atoms with Crippen LogP contribution in [-0.4, -0.2) is 26.8 Å². The van der Waals surface area contributed by atoms with Gasteiger partial charge in [0, 0.05) is 31.0 Å². The van der Waals surface area contributed by atoms with Crippen LogP contribution in [0, 0.1) is 5.82 Å². The number of carbonyl (C=O) groups excluding carboxylic acids is 1. The molecular formula is C21H20FN3O2. The van der Waals surface area contributed by atoms with Crippen molar-refractivity contribution in [3.63, 3.8) is 0 Å². The molecule has 0 saturated heterocycles. The van der Waals surface area contributed by atoms with E-state index in [4.69, 9.17) is 0 Å². The maximum Gasteiger partial charge on any atom is 0.258 e. The first-order chi connectivity index (χ1) is 13.1. The molecule has 1 heterocycles. The second-order valence-electron chi connectivity index (χ2n) is 6.87. The monoisotopic (exact) mass is 365 g/mol. The maximum atomic E-state index is 14.0. The molecule has 0 unspecified atom stereocenters. The first-order valence-corrected chi connectivity index (χ1v) is 9.12. The summed E-state index contributed by atoms with van der Waals surface area (Å²) < 4.78 is 14.0. The van der Waals surface area contributed by atoms with E-state index in [1.807, 2.05) is 6.07 Å². The number of halogens is 1. The van der Waals surface area contributed by atoms with Crippen LogP contribution in [0.25, 0.3) is 10.9 Å². The minimum Gasteiger partial charge on any atom is -0.335 e. The van der Waals surface area contributed by atoms with Crippen LogP contribution in [0.1, 0.15) is 30.7 Å². The largest absolute Gasteiger partial charge is 0.335 e. The van der Waals surface area contributed by atoms with Crippen LogP contribution in [0.5, 0.6) is 0 Å². The number of nitrogens with zero attached hydrogens (tertiary/aromatic N) is 2. The highest BCUT2D eigenvalue weighted by Crippen LogP contribution is 2.29. The standard InChI is InChI=1S/C21H20FN3O2/c22-17-7-3-1-5-14(17)13-25(15-9-10-15)20(26)12-11-19-23-18-8-4-2-6-16(18)21(27)24-19/h1-8,15H,9-13H2,(H,23,24,27). The summed E-state index contributed by atoms with van der Waals surface area (Å²) in [5.41, 5.74) is 0.942. The van der Waals surface area contributed by atoms with Crippen molar-refractivity contribution >= 4 is 16.8 Å². The van der Waals surface area contributed by atoms with Crippen molar-refractivity contribution < 1.29 is 9.18 Å². The van der Waals surface area contributed by atoms with Crippen LogP contribution in [-0.2, 0) is 17.8 Å². The Balaban J connectivity index is 1.47. The van der Waals surface area contributed by atoms with Crippen molar-refractivity contribution in [1.29, 1.82) is 0 Å². The molecule has 1 aromatic heterocycles. The van der Waals surface area contributed by atoms with Crippen LogP contribution in [0.4, 0.5) is 4.39 Å². The van der Waals surface area contributed by atoms with Crippen molar-refractivity contribution in [2.24, 2.45) is 0 Å². The van der Waals surface area contributed by atoms with Crippen molar-refractivity contribution in [3.8, 4) is 0 Å². The smallest absolute Gasteiger partial charge is 0.258 e. The second kappa shape index (κ2) is 7.31. The highest BCUT2D eigenvalue weighted by atomic mass is 19.1. The zero-order valence-corrected chi connectivity index (χ0v) is 14.8. The summed E-state index contributed by atoms with van der Waals surface area (Å²) in [7, 11) is 0. The number of nitrogens with one attached hydrogen (secondary N) is 1. The van der Waals surface area contributed by atoms with Gasteiger partial charge in [0.15, 0.2) is 0 Å². The van der Waals surface area contributed by atoms with E-state index in [1.165, 1.54) is 6.07 Å². The van der Waals surface area contributed by atoms with E-state index in [2.05, 4.69) is 9.97 Å². The summed E-state index contributed by atoms with van der Waals surface area (Å²) in [6.45, 7) is 0.276. The number of aromatic nitrogens is 2. The van der Waals surface area contributed by atoms with E-state index >= 15 is 0 Å². The Labute approximate surface area is 155 Å². The van der Waals surface area contributed by atoms with Gasteiger partial charge in [-0.1, -0.05) is 30.3 Å². The number of H-pyrrole nitrogens is 1. The van der Waals surface area contributed by atoms with E-state index in [0.29, 0.717) is 28.7 Å². The number of fused-ring (bicyclic) bond motifs is 1. The Hall–Kier alpha value is -3.02. The van der Waals surface area contributed by atoms with Gasteiger partial charge in [-0.2, -0.15) is 0 Å². The lowest BCUT2D eigenvalue weighted by Gasteiger charge is -2.23. The van der Waals surface area contributed by atoms with E-state index < -0.39 is 0 Å². The molecule has 4 rings (SSSR count). The lowest BCUT2D eigenvalue weighted by Crippen LogP contribution is -2.33. The highest BCUT2D eigenvalue weighted by Gasteiger charge is 2.32. The second-order valence-corrected chi connectivity index (χ2v) is 6.87. The van der Waals surface area contributed by atoms with Gasteiger partial charge in [-0.15, -0.1) is 0 Å². The predicted octanol–water partition coefficient (Wildman–Crippen LogP) is 3.19. The highest BCUT2D eigenvalue weighted by molar-refractivity contribution is 5.78. The van der Waals surface area contributed by atoms with Gasteiger partial charge < -0.3 is 9.88 Å². The maximum absolute atomic E-state index is 14.0. The van der Waals surface area contributed by atoms with Gasteiger partial charge in [-0.05, 0) is 31.0 Å². The predicted molar refractivity (Wildman–Crippen MR) is 101 cm³/mol. The topological polar surface area (TPSA) is 66.1 Å². The van der Waals surface area contributed by atoms with Crippen molar-refractivity contribution in [1.82, 2.24) is 14.9 Å². The molecule has 0 radical (unpaired) electrons. The summed E-state index contributed by atoms with van der Waals surface area (Å²) in [5, 5.41) is 0.534. The number of amides is 1. The number of carbonyl (C=O) groups is 1. The van der Waals surface area contributed by atoms with Gasteiger partial charge >= 0.3 is 0 Å². The normalized spacial score (nSPS) is 13.7. The number of benzene rings is 2. The lowest BCUT2D eigenvalue weighted by molar-refractivity contribution is -0.132. The zero-order chi connectivity index (χ0) is 18.8. The van der Waals surface area contributed by atoms with Crippen LogP contribution >= 0.6 is 0 Å². The molecule has 0 bridgehead atoms. The molecule has 138 valence electrons. The van der Waals surface area contributed by atoms with Gasteiger partial charge in [-0.25, -0.2) is 9.37 Å². The summed E-state index contributed by atoms with van der Waals surface area (Å²) in [4.78, 5) is 33.8. The number of para-hydroxylation sites is 1. The van der Waals surface area contributed by atoms with Crippen molar-refractivity contribution in [3.05, 3.63) is 76.1 Å². The quantitative estimate of drug-likeness (QED) is 0.730. The Kier molecular flexibility index (Phi) is 4.71. The SMILES string of the molecule is O=C(CCc1nc2ccccc2c(=O)[nH]1)N(Cc1ccccc1F)C1CC1. The van der Waals surface area contributed by atoms with Gasteiger partial charge in [0.05, 0.1) is 10.9 Å². The molecule has 0 spiro atoms. The molecular weight excluding hydrogens is 345 g/mol. The van der Waals surface area contributed by atoms with Gasteiger partial charge in [0.1, 0.15) is 11.6 Å². The van der Waals surface area contributed by atoms with E-state index in [0.717, 1.165) is 12.8 Å². The molecule has 0 aliphatic heterocycles. The number of hydrogen-bond acceptors (Lipinski definition) is 3. The Bertz CT molecular complexity index is 1040. The van der Waals surface area contributed by atoms with E-state index in [-0.39, 0.29) is 36.3 Å². The Morgan fingerprint density at radius 1 is 1.15 bits per heavy atom. The molecule has 1 fully saturated rings. The van der Waals surface area contributed by atoms with Gasteiger partial charge in [-0.3, -0.25) is 9.59 Å². The first-order valence-electron chi connectivity index (χ1n) is 9.12. The van der Waals surface area contributed by atoms with E-state index in [9.17, 15) is 14.0 Å². The Morgan fingerprint density at radius 3 is 2.67 bits per heavy atom. The van der Waals surface area contributed by atoms with Gasteiger partial charge in [0.2, 0.25) is 5.91 Å². The minimum atomic E-state index is -0.295. The molecule has 3 aromatic rings. The molecule has 0 atom stereocenters. The average Bonchev–Trinajstić information content (AvgIpc) is 3.50. The summed E-state index contributed by atoms with van der Waals surface area (Å²) in [5.74, 6) is 0.154. The average molecular weight is 365 g/mol. The summed E-state index contributed by atoms with van der Waals surface area (Å²) in [6, 6.07) is 13.8. The molecule has 1 aliphatic rings. The zero-order valence-electron chi connectivity index (χ0n) is 14.8. The fraction of sp³-hybridized carbons (Fsp3) is 0.286. The number of rotatable bonds is 6.